The lowest BCUT2D eigenvalue weighted by molar-refractivity contribution is -0.152. The number of likely N-dealkylation sites (tertiary alicyclic amines) is 1. The largest absolute Gasteiger partial charge is 0.478 e. The van der Waals surface area contributed by atoms with E-state index in [2.05, 4.69) is 6.92 Å². The number of amides is 1. The fourth-order valence-corrected chi connectivity index (χ4v) is 3.71. The van der Waals surface area contributed by atoms with Crippen molar-refractivity contribution >= 4 is 12.1 Å². The van der Waals surface area contributed by atoms with Crippen molar-refractivity contribution in [3.8, 4) is 5.75 Å². The highest BCUT2D eigenvalue weighted by Gasteiger charge is 2.30. The molecule has 3 rings (SSSR count). The molecule has 1 aliphatic heterocycles. The van der Waals surface area contributed by atoms with Crippen LogP contribution in [-0.4, -0.2) is 40.8 Å². The van der Waals surface area contributed by atoms with Crippen LogP contribution in [0.5, 0.6) is 5.75 Å². The molecule has 6 heteroatoms. The second-order valence-electron chi connectivity index (χ2n) is 8.75. The van der Waals surface area contributed by atoms with E-state index in [4.69, 9.17) is 9.47 Å². The van der Waals surface area contributed by atoms with Gasteiger partial charge in [0.2, 0.25) is 0 Å². The Hall–Kier alpha value is -3.02. The Kier molecular flexibility index (Phi) is 6.88. The van der Waals surface area contributed by atoms with Crippen molar-refractivity contribution < 1.29 is 24.2 Å². The molecular weight excluding hydrogens is 394 g/mol. The summed E-state index contributed by atoms with van der Waals surface area (Å²) in [6.45, 7) is 8.65. The maximum Gasteiger partial charge on any atom is 0.410 e. The minimum absolute atomic E-state index is 0.152. The van der Waals surface area contributed by atoms with Crippen molar-refractivity contribution in [3.63, 3.8) is 0 Å². The summed E-state index contributed by atoms with van der Waals surface area (Å²) in [4.78, 5) is 25.7. The molecule has 1 aliphatic rings. The van der Waals surface area contributed by atoms with Gasteiger partial charge in [-0.2, -0.15) is 0 Å². The fraction of sp³-hybridized carbons (Fsp3) is 0.440. The van der Waals surface area contributed by atoms with Gasteiger partial charge in [0.05, 0.1) is 0 Å². The Balaban J connectivity index is 1.62. The number of carboxylic acids is 1. The Bertz CT molecular complexity index is 953. The number of carbonyl (C=O) groups is 2. The quantitative estimate of drug-likeness (QED) is 0.700. The minimum Gasteiger partial charge on any atom is -0.478 e. The Morgan fingerprint density at radius 3 is 2.61 bits per heavy atom. The van der Waals surface area contributed by atoms with Crippen LogP contribution < -0.4 is 4.74 Å². The Morgan fingerprint density at radius 2 is 1.90 bits per heavy atom. The summed E-state index contributed by atoms with van der Waals surface area (Å²) < 4.78 is 11.2. The first-order valence-corrected chi connectivity index (χ1v) is 10.7. The zero-order chi connectivity index (χ0) is 22.6. The van der Waals surface area contributed by atoms with Crippen LogP contribution in [0.4, 0.5) is 4.79 Å². The molecule has 6 nitrogen and oxygen atoms in total. The Labute approximate surface area is 183 Å². The lowest BCUT2D eigenvalue weighted by atomic mass is 9.90. The number of hydrogen-bond acceptors (Lipinski definition) is 4. The molecule has 0 spiro atoms. The van der Waals surface area contributed by atoms with Crippen LogP contribution in [0.25, 0.3) is 0 Å². The molecular formula is C25H31NO5. The van der Waals surface area contributed by atoms with E-state index in [1.807, 2.05) is 43.3 Å². The van der Waals surface area contributed by atoms with Gasteiger partial charge in [-0.05, 0) is 74.9 Å². The van der Waals surface area contributed by atoms with Crippen molar-refractivity contribution in [1.29, 1.82) is 0 Å². The van der Waals surface area contributed by atoms with E-state index in [0.29, 0.717) is 18.8 Å². The first-order valence-electron chi connectivity index (χ1n) is 10.7. The molecule has 1 unspecified atom stereocenters. The second kappa shape index (κ2) is 9.41. The highest BCUT2D eigenvalue weighted by Crippen LogP contribution is 2.30. The van der Waals surface area contributed by atoms with Crippen molar-refractivity contribution in [2.45, 2.75) is 58.7 Å². The first-order chi connectivity index (χ1) is 14.7. The number of aliphatic carboxylic acids is 1. The molecule has 2 aromatic rings. The molecule has 2 aromatic carbocycles. The van der Waals surface area contributed by atoms with E-state index in [1.54, 1.807) is 11.0 Å². The van der Waals surface area contributed by atoms with Crippen LogP contribution in [-0.2, 0) is 16.1 Å². The van der Waals surface area contributed by atoms with Gasteiger partial charge in [-0.3, -0.25) is 0 Å². The minimum atomic E-state index is -1.31. The number of carbonyl (C=O) groups excluding carboxylic acids is 1. The summed E-state index contributed by atoms with van der Waals surface area (Å²) in [5, 5.41) is 9.29. The lowest BCUT2D eigenvalue weighted by Gasteiger charge is -2.32. The molecule has 1 amide bonds. The van der Waals surface area contributed by atoms with Gasteiger partial charge in [0.25, 0.3) is 0 Å². The van der Waals surface area contributed by atoms with Crippen LogP contribution in [0.2, 0.25) is 0 Å². The number of benzene rings is 2. The smallest absolute Gasteiger partial charge is 0.410 e. The van der Waals surface area contributed by atoms with E-state index in [1.165, 1.54) is 25.0 Å². The summed E-state index contributed by atoms with van der Waals surface area (Å²) in [6, 6.07) is 13.6. The third-order valence-corrected chi connectivity index (χ3v) is 5.83. The van der Waals surface area contributed by atoms with Gasteiger partial charge in [-0.1, -0.05) is 30.3 Å². The summed E-state index contributed by atoms with van der Waals surface area (Å²) in [5.74, 6) is -0.355. The molecule has 1 N–H and O–H groups in total. The van der Waals surface area contributed by atoms with Crippen molar-refractivity contribution in [3.05, 3.63) is 64.7 Å². The third-order valence-electron chi connectivity index (χ3n) is 5.83. The molecule has 0 bridgehead atoms. The highest BCUT2D eigenvalue weighted by atomic mass is 16.6. The van der Waals surface area contributed by atoms with E-state index in [0.717, 1.165) is 24.0 Å². The molecule has 0 radical (unpaired) electrons. The van der Waals surface area contributed by atoms with Crippen LogP contribution in [0.3, 0.4) is 0 Å². The normalized spacial score (nSPS) is 16.6. The average Bonchev–Trinajstić information content (AvgIpc) is 2.74. The number of piperidine rings is 1. The second-order valence-corrected chi connectivity index (χ2v) is 8.75. The van der Waals surface area contributed by atoms with Crippen molar-refractivity contribution in [1.82, 2.24) is 4.90 Å². The van der Waals surface area contributed by atoms with Gasteiger partial charge in [0, 0.05) is 19.0 Å². The van der Waals surface area contributed by atoms with Crippen LogP contribution in [0.15, 0.2) is 42.5 Å². The monoisotopic (exact) mass is 425 g/mol. The summed E-state index contributed by atoms with van der Waals surface area (Å²) >= 11 is 0. The van der Waals surface area contributed by atoms with Gasteiger partial charge < -0.3 is 19.5 Å². The zero-order valence-electron chi connectivity index (χ0n) is 18.7. The lowest BCUT2D eigenvalue weighted by Crippen LogP contribution is -2.39. The number of ether oxygens (including phenoxy) is 2. The van der Waals surface area contributed by atoms with Crippen molar-refractivity contribution in [2.75, 3.05) is 13.1 Å². The van der Waals surface area contributed by atoms with Gasteiger partial charge in [0.15, 0.2) is 5.60 Å². The number of aryl methyl sites for hydroxylation is 2. The van der Waals surface area contributed by atoms with E-state index in [9.17, 15) is 14.7 Å². The first kappa shape index (κ1) is 22.7. The number of nitrogens with zero attached hydrogens (tertiary/aromatic N) is 1. The SMILES string of the molecule is Cc1ccc(COC(=O)N2CCCC(c3cccc(OC(C)(C)C(=O)O)c3)C2)cc1C. The highest BCUT2D eigenvalue weighted by molar-refractivity contribution is 5.76. The average molecular weight is 426 g/mol. The van der Waals surface area contributed by atoms with Gasteiger partial charge in [-0.15, -0.1) is 0 Å². The molecule has 1 fully saturated rings. The molecule has 166 valence electrons. The number of rotatable bonds is 6. The number of carboxylic acid groups (broad SMARTS) is 1. The topological polar surface area (TPSA) is 76.1 Å². The number of hydrogen-bond donors (Lipinski definition) is 1. The molecule has 1 saturated heterocycles. The van der Waals surface area contributed by atoms with E-state index < -0.39 is 11.6 Å². The van der Waals surface area contributed by atoms with Gasteiger partial charge in [-0.25, -0.2) is 9.59 Å². The molecule has 1 heterocycles. The van der Waals surface area contributed by atoms with E-state index in [-0.39, 0.29) is 18.6 Å². The van der Waals surface area contributed by atoms with Crippen molar-refractivity contribution in [2.24, 2.45) is 0 Å². The summed E-state index contributed by atoms with van der Waals surface area (Å²) in [6.07, 6.45) is 1.53. The summed E-state index contributed by atoms with van der Waals surface area (Å²) in [7, 11) is 0. The summed E-state index contributed by atoms with van der Waals surface area (Å²) in [5.41, 5.74) is 3.10. The maximum absolute atomic E-state index is 12.6. The molecule has 1 atom stereocenters. The van der Waals surface area contributed by atoms with Crippen LogP contribution >= 0.6 is 0 Å². The maximum atomic E-state index is 12.6. The fourth-order valence-electron chi connectivity index (χ4n) is 3.71. The predicted molar refractivity (Wildman–Crippen MR) is 118 cm³/mol. The van der Waals surface area contributed by atoms with Crippen LogP contribution in [0, 0.1) is 13.8 Å². The van der Waals surface area contributed by atoms with Gasteiger partial charge >= 0.3 is 12.1 Å². The van der Waals surface area contributed by atoms with E-state index >= 15 is 0 Å². The molecule has 0 aromatic heterocycles. The third kappa shape index (κ3) is 5.78. The predicted octanol–water partition coefficient (Wildman–Crippen LogP) is 5.06. The molecule has 31 heavy (non-hydrogen) atoms. The standard InChI is InChI=1S/C25H31NO5/c1-17-10-11-19(13-18(17)2)16-30-24(29)26-12-6-8-21(15-26)20-7-5-9-22(14-20)31-25(3,4)23(27)28/h5,7,9-11,13-14,21H,6,8,12,15-16H2,1-4H3,(H,27,28). The zero-order valence-corrected chi connectivity index (χ0v) is 18.7. The van der Waals surface area contributed by atoms with Gasteiger partial charge in [0.1, 0.15) is 12.4 Å². The molecule has 0 saturated carbocycles. The Morgan fingerprint density at radius 1 is 1.13 bits per heavy atom. The van der Waals surface area contributed by atoms with Crippen LogP contribution in [0.1, 0.15) is 54.9 Å². The molecule has 0 aliphatic carbocycles.